The number of aliphatic hydroxyl groups is 1. The smallest absolute Gasteiger partial charge is 0.335 e. The fraction of sp³-hybridized carbons (Fsp3) is 0.500. The second-order valence-corrected chi connectivity index (χ2v) is 11.1. The Hall–Kier alpha value is -3.43. The van der Waals surface area contributed by atoms with E-state index in [1.807, 2.05) is 24.3 Å². The lowest BCUT2D eigenvalue weighted by Crippen LogP contribution is -2.74. The summed E-state index contributed by atoms with van der Waals surface area (Å²) >= 11 is 0. The molecule has 2 atom stereocenters. The minimum atomic E-state index is -0.977. The van der Waals surface area contributed by atoms with E-state index in [4.69, 9.17) is 9.84 Å². The molecule has 3 fully saturated rings. The second kappa shape index (κ2) is 11.4. The minimum absolute atomic E-state index is 0.0616. The average molecular weight is 536 g/mol. The number of piperidine rings is 1. The number of likely N-dealkylation sites (tertiary alicyclic amines) is 1. The van der Waals surface area contributed by atoms with E-state index in [9.17, 15) is 19.5 Å². The van der Waals surface area contributed by atoms with Crippen molar-refractivity contribution >= 4 is 17.8 Å². The van der Waals surface area contributed by atoms with Crippen LogP contribution in [0.3, 0.4) is 0 Å². The van der Waals surface area contributed by atoms with Crippen LogP contribution in [0.5, 0.6) is 11.5 Å². The summed E-state index contributed by atoms with van der Waals surface area (Å²) in [7, 11) is 1.71. The Labute approximate surface area is 228 Å². The van der Waals surface area contributed by atoms with E-state index in [1.54, 1.807) is 24.1 Å². The third-order valence-corrected chi connectivity index (χ3v) is 8.77. The van der Waals surface area contributed by atoms with Crippen LogP contribution in [0, 0.1) is 5.92 Å². The molecule has 0 radical (unpaired) electrons. The zero-order chi connectivity index (χ0) is 27.6. The summed E-state index contributed by atoms with van der Waals surface area (Å²) in [5, 5.41) is 22.9. The maximum absolute atomic E-state index is 13.4. The van der Waals surface area contributed by atoms with Crippen molar-refractivity contribution in [2.75, 3.05) is 20.1 Å². The van der Waals surface area contributed by atoms with E-state index in [1.165, 1.54) is 12.1 Å². The van der Waals surface area contributed by atoms with Gasteiger partial charge in [-0.15, -0.1) is 0 Å². The first-order chi connectivity index (χ1) is 18.8. The Balaban J connectivity index is 1.15. The predicted octanol–water partition coefficient (Wildman–Crippen LogP) is 3.41. The van der Waals surface area contributed by atoms with E-state index < -0.39 is 23.7 Å². The molecule has 9 heteroatoms. The molecule has 0 unspecified atom stereocenters. The van der Waals surface area contributed by atoms with Crippen LogP contribution in [0.1, 0.15) is 60.9 Å². The number of benzene rings is 2. The number of amides is 2. The van der Waals surface area contributed by atoms with Gasteiger partial charge in [0, 0.05) is 26.7 Å². The van der Waals surface area contributed by atoms with Gasteiger partial charge in [-0.25, -0.2) is 4.79 Å². The number of carbonyl (C=O) groups excluding carboxylic acids is 2. The van der Waals surface area contributed by atoms with Crippen LogP contribution in [0.4, 0.5) is 0 Å². The first-order valence-corrected chi connectivity index (χ1v) is 13.9. The van der Waals surface area contributed by atoms with Crippen molar-refractivity contribution < 1.29 is 29.3 Å². The van der Waals surface area contributed by atoms with E-state index in [0.717, 1.165) is 37.7 Å². The van der Waals surface area contributed by atoms with Crippen molar-refractivity contribution in [1.82, 2.24) is 15.1 Å². The van der Waals surface area contributed by atoms with Crippen LogP contribution in [-0.4, -0.2) is 75.6 Å². The van der Waals surface area contributed by atoms with Crippen molar-refractivity contribution in [3.05, 3.63) is 59.7 Å². The lowest BCUT2D eigenvalue weighted by molar-refractivity contribution is -0.163. The summed E-state index contributed by atoms with van der Waals surface area (Å²) < 4.78 is 5.82. The molecule has 2 aromatic rings. The topological polar surface area (TPSA) is 119 Å². The molecule has 208 valence electrons. The number of nitrogens with one attached hydrogen (secondary N) is 1. The van der Waals surface area contributed by atoms with Gasteiger partial charge in [-0.05, 0) is 73.6 Å². The Morgan fingerprint density at radius 2 is 1.59 bits per heavy atom. The van der Waals surface area contributed by atoms with E-state index in [2.05, 4.69) is 10.2 Å². The number of aromatic carboxylic acids is 1. The van der Waals surface area contributed by atoms with Crippen LogP contribution in [-0.2, 0) is 16.1 Å². The van der Waals surface area contributed by atoms with Gasteiger partial charge in [0.1, 0.15) is 23.1 Å². The third kappa shape index (κ3) is 5.65. The van der Waals surface area contributed by atoms with Gasteiger partial charge in [0.15, 0.2) is 0 Å². The van der Waals surface area contributed by atoms with Crippen LogP contribution < -0.4 is 10.1 Å². The monoisotopic (exact) mass is 535 g/mol. The third-order valence-electron chi connectivity index (χ3n) is 8.77. The highest BCUT2D eigenvalue weighted by atomic mass is 16.5. The zero-order valence-electron chi connectivity index (χ0n) is 22.3. The largest absolute Gasteiger partial charge is 0.478 e. The Bertz CT molecular complexity index is 1180. The molecule has 2 saturated heterocycles. The molecular weight excluding hydrogens is 498 g/mol. The Morgan fingerprint density at radius 3 is 2.18 bits per heavy atom. The van der Waals surface area contributed by atoms with E-state index >= 15 is 0 Å². The SMILES string of the molecule is CN1C(=O)[C@@H]([C@H](O)C2CCCCC2)NC(=O)C12CCN(Cc1ccc(Oc3ccc(C(=O)O)cc3)cc1)CC2. The molecular formula is C30H37N3O6. The van der Waals surface area contributed by atoms with Crippen LogP contribution in [0.2, 0.25) is 0 Å². The molecule has 2 amide bonds. The Kier molecular flexibility index (Phi) is 7.91. The van der Waals surface area contributed by atoms with Crippen molar-refractivity contribution in [2.45, 2.75) is 69.2 Å². The number of likely N-dealkylation sites (N-methyl/N-ethyl adjacent to an activating group) is 1. The number of aliphatic hydroxyl groups excluding tert-OH is 1. The number of hydrogen-bond donors (Lipinski definition) is 3. The molecule has 2 aliphatic heterocycles. The average Bonchev–Trinajstić information content (AvgIpc) is 2.96. The molecule has 1 aliphatic carbocycles. The molecule has 3 aliphatic rings. The van der Waals surface area contributed by atoms with Gasteiger partial charge in [-0.1, -0.05) is 31.4 Å². The number of hydrogen-bond acceptors (Lipinski definition) is 6. The number of carboxylic acids is 1. The highest BCUT2D eigenvalue weighted by molar-refractivity contribution is 6.00. The van der Waals surface area contributed by atoms with Gasteiger partial charge >= 0.3 is 5.97 Å². The van der Waals surface area contributed by atoms with E-state index in [0.29, 0.717) is 44.0 Å². The molecule has 3 N–H and O–H groups in total. The Morgan fingerprint density at radius 1 is 1.00 bits per heavy atom. The lowest BCUT2D eigenvalue weighted by atomic mass is 9.78. The van der Waals surface area contributed by atoms with Crippen LogP contribution >= 0.6 is 0 Å². The van der Waals surface area contributed by atoms with Gasteiger partial charge < -0.3 is 25.2 Å². The minimum Gasteiger partial charge on any atom is -0.478 e. The summed E-state index contributed by atoms with van der Waals surface area (Å²) in [5.41, 5.74) is 0.441. The molecule has 5 rings (SSSR count). The lowest BCUT2D eigenvalue weighted by Gasteiger charge is -2.51. The predicted molar refractivity (Wildman–Crippen MR) is 144 cm³/mol. The van der Waals surface area contributed by atoms with Crippen LogP contribution in [0.25, 0.3) is 0 Å². The normalized spacial score (nSPS) is 22.9. The summed E-state index contributed by atoms with van der Waals surface area (Å²) in [5.74, 6) is -0.0344. The van der Waals surface area contributed by atoms with Gasteiger partial charge in [0.2, 0.25) is 11.8 Å². The van der Waals surface area contributed by atoms with Gasteiger partial charge in [0.25, 0.3) is 0 Å². The number of piperazine rings is 1. The maximum atomic E-state index is 13.4. The number of ether oxygens (including phenoxy) is 1. The molecule has 0 bridgehead atoms. The van der Waals surface area contributed by atoms with Gasteiger partial charge in [0.05, 0.1) is 11.7 Å². The molecule has 0 aromatic heterocycles. The summed E-state index contributed by atoms with van der Waals surface area (Å²) in [6.45, 7) is 2.07. The zero-order valence-corrected chi connectivity index (χ0v) is 22.3. The second-order valence-electron chi connectivity index (χ2n) is 11.1. The fourth-order valence-electron chi connectivity index (χ4n) is 6.25. The molecule has 2 aromatic carbocycles. The molecule has 1 saturated carbocycles. The number of nitrogens with zero attached hydrogens (tertiary/aromatic N) is 2. The van der Waals surface area contributed by atoms with Crippen molar-refractivity contribution in [1.29, 1.82) is 0 Å². The number of rotatable bonds is 7. The quantitative estimate of drug-likeness (QED) is 0.497. The van der Waals surface area contributed by atoms with Crippen LogP contribution in [0.15, 0.2) is 48.5 Å². The summed E-state index contributed by atoms with van der Waals surface area (Å²) in [6, 6.07) is 13.2. The fourth-order valence-corrected chi connectivity index (χ4v) is 6.25. The maximum Gasteiger partial charge on any atom is 0.335 e. The molecule has 9 nitrogen and oxygen atoms in total. The molecule has 1 spiro atoms. The summed E-state index contributed by atoms with van der Waals surface area (Å²) in [4.78, 5) is 41.6. The van der Waals surface area contributed by atoms with Gasteiger partial charge in [-0.2, -0.15) is 0 Å². The highest BCUT2D eigenvalue weighted by Gasteiger charge is 2.54. The highest BCUT2D eigenvalue weighted by Crippen LogP contribution is 2.35. The van der Waals surface area contributed by atoms with E-state index in [-0.39, 0.29) is 23.3 Å². The number of carbonyl (C=O) groups is 3. The first-order valence-electron chi connectivity index (χ1n) is 13.9. The molecule has 2 heterocycles. The summed E-state index contributed by atoms with van der Waals surface area (Å²) in [6.07, 6.45) is 5.33. The van der Waals surface area contributed by atoms with Crippen molar-refractivity contribution in [3.8, 4) is 11.5 Å². The van der Waals surface area contributed by atoms with Gasteiger partial charge in [-0.3, -0.25) is 14.5 Å². The number of carboxylic acid groups (broad SMARTS) is 1. The molecule has 39 heavy (non-hydrogen) atoms. The van der Waals surface area contributed by atoms with Crippen molar-refractivity contribution in [2.24, 2.45) is 5.92 Å². The van der Waals surface area contributed by atoms with Crippen molar-refractivity contribution in [3.63, 3.8) is 0 Å². The standard InChI is InChI=1S/C30H37N3O6/c1-32-27(35)25(26(34)21-5-3-2-4-6-21)31-29(38)30(32)15-17-33(18-16-30)19-20-7-11-23(12-8-20)39-24-13-9-22(10-14-24)28(36)37/h7-14,21,25-26,34H,2-6,15-19H2,1H3,(H,31,38)(H,36,37)/t25-,26-/m1/s1. The first kappa shape index (κ1) is 27.1.